The van der Waals surface area contributed by atoms with Crippen LogP contribution in [-0.2, 0) is 0 Å². The Morgan fingerprint density at radius 1 is 0.800 bits per heavy atom. The average molecular weight is 460 g/mol. The van der Waals surface area contributed by atoms with E-state index in [0.29, 0.717) is 12.0 Å². The molecule has 4 heteroatoms. The maximum atomic E-state index is 3.65. The third kappa shape index (κ3) is 2.97. The van der Waals surface area contributed by atoms with Crippen molar-refractivity contribution in [2.75, 3.05) is 5.32 Å². The second-order valence-corrected chi connectivity index (χ2v) is 7.69. The second-order valence-electron chi connectivity index (χ2n) is 5.13. The molecule has 0 amide bonds. The van der Waals surface area contributed by atoms with Crippen molar-refractivity contribution < 1.29 is 0 Å². The minimum atomic E-state index is 0.544. The number of anilines is 1. The summed E-state index contributed by atoms with van der Waals surface area (Å²) in [5, 5.41) is 3.63. The Hall–Kier alpha value is -0.320. The molecule has 1 aliphatic carbocycles. The number of rotatable bonds is 3. The van der Waals surface area contributed by atoms with Gasteiger partial charge in [-0.3, -0.25) is 0 Å². The lowest BCUT2D eigenvalue weighted by molar-refractivity contribution is 0.373. The van der Waals surface area contributed by atoms with Crippen LogP contribution < -0.4 is 5.32 Å². The fourth-order valence-electron chi connectivity index (χ4n) is 2.64. The van der Waals surface area contributed by atoms with E-state index < -0.39 is 0 Å². The van der Waals surface area contributed by atoms with Gasteiger partial charge in [0.1, 0.15) is 0 Å². The monoisotopic (exact) mass is 457 g/mol. The van der Waals surface area contributed by atoms with Crippen LogP contribution in [0.2, 0.25) is 0 Å². The van der Waals surface area contributed by atoms with E-state index in [1.165, 1.54) is 22.9 Å². The van der Waals surface area contributed by atoms with E-state index in [0.717, 1.165) is 14.6 Å². The zero-order valence-corrected chi connectivity index (χ0v) is 15.5. The van der Waals surface area contributed by atoms with Crippen LogP contribution in [0.15, 0.2) is 55.9 Å². The zero-order chi connectivity index (χ0) is 14.1. The van der Waals surface area contributed by atoms with Gasteiger partial charge in [0.15, 0.2) is 0 Å². The third-order valence-corrected chi connectivity index (χ3v) is 5.84. The second kappa shape index (κ2) is 6.20. The Kier molecular flexibility index (Phi) is 4.53. The molecule has 1 aliphatic rings. The first kappa shape index (κ1) is 14.6. The molecule has 0 spiro atoms. The van der Waals surface area contributed by atoms with Crippen molar-refractivity contribution in [3.63, 3.8) is 0 Å². The summed E-state index contributed by atoms with van der Waals surface area (Å²) in [7, 11) is 0. The highest BCUT2D eigenvalue weighted by Gasteiger charge is 2.31. The molecule has 1 saturated carbocycles. The smallest absolute Gasteiger partial charge is 0.0631 e. The number of hydrogen-bond acceptors (Lipinski definition) is 1. The zero-order valence-electron chi connectivity index (χ0n) is 10.7. The van der Waals surface area contributed by atoms with Gasteiger partial charge in [0.25, 0.3) is 0 Å². The molecule has 2 aromatic rings. The van der Waals surface area contributed by atoms with Crippen molar-refractivity contribution in [3.05, 3.63) is 61.4 Å². The van der Waals surface area contributed by atoms with E-state index in [-0.39, 0.29) is 0 Å². The van der Waals surface area contributed by atoms with Gasteiger partial charge in [-0.15, -0.1) is 0 Å². The van der Waals surface area contributed by atoms with E-state index in [1.807, 2.05) is 6.07 Å². The Labute approximate surface area is 144 Å². The predicted molar refractivity (Wildman–Crippen MR) is 95.4 cm³/mol. The van der Waals surface area contributed by atoms with E-state index in [4.69, 9.17) is 0 Å². The Morgan fingerprint density at radius 2 is 1.40 bits per heavy atom. The Bertz CT molecular complexity index is 601. The summed E-state index contributed by atoms with van der Waals surface area (Å²) in [6.45, 7) is 0. The van der Waals surface area contributed by atoms with Crippen LogP contribution >= 0.6 is 47.8 Å². The van der Waals surface area contributed by atoms with Crippen LogP contribution in [-0.4, -0.2) is 6.04 Å². The number of para-hydroxylation sites is 1. The summed E-state index contributed by atoms with van der Waals surface area (Å²) in [6, 6.07) is 15.2. The molecule has 104 valence electrons. The van der Waals surface area contributed by atoms with E-state index in [9.17, 15) is 0 Å². The molecular formula is C16H14Br3N. The molecule has 1 fully saturated rings. The van der Waals surface area contributed by atoms with E-state index >= 15 is 0 Å². The first-order chi connectivity index (χ1) is 9.65. The molecule has 0 radical (unpaired) electrons. The summed E-state index contributed by atoms with van der Waals surface area (Å²) in [4.78, 5) is 0. The summed E-state index contributed by atoms with van der Waals surface area (Å²) in [5.41, 5.74) is 2.58. The van der Waals surface area contributed by atoms with Crippen molar-refractivity contribution in [3.8, 4) is 0 Å². The van der Waals surface area contributed by atoms with Crippen molar-refractivity contribution in [1.29, 1.82) is 0 Å². The maximum Gasteiger partial charge on any atom is 0.0631 e. The average Bonchev–Trinajstić information content (AvgIpc) is 2.37. The molecular weight excluding hydrogens is 446 g/mol. The van der Waals surface area contributed by atoms with Crippen molar-refractivity contribution in [1.82, 2.24) is 0 Å². The molecule has 0 atom stereocenters. The number of hydrogen-bond donors (Lipinski definition) is 1. The van der Waals surface area contributed by atoms with Crippen LogP contribution in [0.1, 0.15) is 24.3 Å². The summed E-state index contributed by atoms with van der Waals surface area (Å²) >= 11 is 10.8. The lowest BCUT2D eigenvalue weighted by Crippen LogP contribution is -2.34. The normalized spacial score (nSPS) is 21.4. The first-order valence-corrected chi connectivity index (χ1v) is 8.98. The van der Waals surface area contributed by atoms with Crippen LogP contribution in [0.4, 0.5) is 5.69 Å². The van der Waals surface area contributed by atoms with Crippen molar-refractivity contribution >= 4 is 53.5 Å². The molecule has 20 heavy (non-hydrogen) atoms. The molecule has 1 nitrogen and oxygen atoms in total. The highest BCUT2D eigenvalue weighted by molar-refractivity contribution is 9.11. The van der Waals surface area contributed by atoms with Crippen LogP contribution in [0, 0.1) is 0 Å². The molecule has 0 saturated heterocycles. The third-order valence-electron chi connectivity index (χ3n) is 3.79. The topological polar surface area (TPSA) is 12.0 Å². The van der Waals surface area contributed by atoms with E-state index in [2.05, 4.69) is 89.5 Å². The number of halogens is 3. The molecule has 1 N–H and O–H groups in total. The largest absolute Gasteiger partial charge is 0.380 e. The van der Waals surface area contributed by atoms with Gasteiger partial charge in [-0.25, -0.2) is 0 Å². The van der Waals surface area contributed by atoms with Crippen LogP contribution in [0.25, 0.3) is 0 Å². The molecule has 3 rings (SSSR count). The van der Waals surface area contributed by atoms with Crippen molar-refractivity contribution in [2.24, 2.45) is 0 Å². The number of benzene rings is 2. The molecule has 2 aromatic carbocycles. The van der Waals surface area contributed by atoms with Gasteiger partial charge < -0.3 is 5.32 Å². The van der Waals surface area contributed by atoms with Gasteiger partial charge in [0.05, 0.1) is 5.69 Å². The van der Waals surface area contributed by atoms with Crippen LogP contribution in [0.3, 0.4) is 0 Å². The summed E-state index contributed by atoms with van der Waals surface area (Å²) in [5.74, 6) is 0.657. The molecule has 0 unspecified atom stereocenters. The van der Waals surface area contributed by atoms with E-state index in [1.54, 1.807) is 0 Å². The van der Waals surface area contributed by atoms with Gasteiger partial charge in [-0.05, 0) is 74.4 Å². The van der Waals surface area contributed by atoms with Gasteiger partial charge in [-0.2, -0.15) is 0 Å². The fraction of sp³-hybridized carbons (Fsp3) is 0.250. The molecule has 0 heterocycles. The Balaban J connectivity index is 1.66. The molecule has 0 bridgehead atoms. The minimum Gasteiger partial charge on any atom is -0.380 e. The predicted octanol–water partition coefficient (Wildman–Crippen LogP) is 6.33. The van der Waals surface area contributed by atoms with Gasteiger partial charge in [0, 0.05) is 19.5 Å². The summed E-state index contributed by atoms with van der Waals surface area (Å²) < 4.78 is 3.44. The van der Waals surface area contributed by atoms with Gasteiger partial charge in [-0.1, -0.05) is 40.2 Å². The lowest BCUT2D eigenvalue weighted by Gasteiger charge is -2.37. The fourth-order valence-corrected chi connectivity index (χ4v) is 4.47. The van der Waals surface area contributed by atoms with Gasteiger partial charge in [0.2, 0.25) is 0 Å². The van der Waals surface area contributed by atoms with Crippen molar-refractivity contribution in [2.45, 2.75) is 24.8 Å². The molecule has 0 aromatic heterocycles. The van der Waals surface area contributed by atoms with Gasteiger partial charge >= 0.3 is 0 Å². The number of nitrogens with one attached hydrogen (secondary N) is 1. The quantitative estimate of drug-likeness (QED) is 0.565. The SMILES string of the molecule is Brc1ccccc1C1CC(Nc2c(Br)cccc2Br)C1. The highest BCUT2D eigenvalue weighted by atomic mass is 79.9. The summed E-state index contributed by atoms with van der Waals surface area (Å²) in [6.07, 6.45) is 2.35. The maximum absolute atomic E-state index is 3.65. The van der Waals surface area contributed by atoms with Crippen LogP contribution in [0.5, 0.6) is 0 Å². The minimum absolute atomic E-state index is 0.544. The highest BCUT2D eigenvalue weighted by Crippen LogP contribution is 2.42. The lowest BCUT2D eigenvalue weighted by atomic mass is 9.76. The standard InChI is InChI=1S/C16H14Br3N/c17-13-5-2-1-4-12(13)10-8-11(9-10)20-16-14(18)6-3-7-15(16)19/h1-7,10-11,20H,8-9H2. The Morgan fingerprint density at radius 3 is 2.05 bits per heavy atom. The molecule has 0 aliphatic heterocycles. The first-order valence-electron chi connectivity index (χ1n) is 6.60.